The second kappa shape index (κ2) is 14.6. The molecule has 3 amide bonds. The number of para-hydroxylation sites is 1. The number of nitrogens with one attached hydrogen (secondary N) is 2. The molecule has 2 aliphatic heterocycles. The van der Waals surface area contributed by atoms with Gasteiger partial charge in [0.2, 0.25) is 11.8 Å². The number of carbonyl (C=O) groups is 3. The third-order valence-corrected chi connectivity index (χ3v) is 11.9. The van der Waals surface area contributed by atoms with Crippen LogP contribution in [0.2, 0.25) is 0 Å². The first-order chi connectivity index (χ1) is 27.5. The van der Waals surface area contributed by atoms with Crippen LogP contribution in [0.4, 0.5) is 27.8 Å². The quantitative estimate of drug-likeness (QED) is 0.174. The maximum Gasteiger partial charge on any atom is 0.433 e. The van der Waals surface area contributed by atoms with E-state index in [1.165, 1.54) is 29.3 Å². The van der Waals surface area contributed by atoms with Crippen molar-refractivity contribution >= 4 is 45.5 Å². The molecule has 2 atom stereocenters. The summed E-state index contributed by atoms with van der Waals surface area (Å²) in [6, 6.07) is 8.40. The van der Waals surface area contributed by atoms with Crippen LogP contribution in [0, 0.1) is 5.92 Å². The standard InChI is InChI=1S/C39H40F5N9O5/c1-49-30(46-34(55)26-6-4-8-29(45-26)39(42,43)44)17-22-19-52(48-32(22)36(49)57)23-11-9-21(10-12-23)18-51-16-15-25(38(40,41)20-51)24-5-3-7-27-33(24)50(2)37(58)53(27)28-13-14-31(54)47-35(28)56/h3-8,17,19,21,23,25,28H,9-16,18,20H2,1-2H3,(H,46,55)(H,47,54,56)/t21-,23-,25?,28?. The summed E-state index contributed by atoms with van der Waals surface area (Å²) in [5.74, 6) is -5.99. The molecule has 4 aromatic heterocycles. The first kappa shape index (κ1) is 39.1. The second-order valence-electron chi connectivity index (χ2n) is 15.6. The summed E-state index contributed by atoms with van der Waals surface area (Å²) in [6.45, 7) is 0.455. The van der Waals surface area contributed by atoms with Crippen LogP contribution in [-0.4, -0.2) is 76.6 Å². The minimum absolute atomic E-state index is 0.0527. The summed E-state index contributed by atoms with van der Waals surface area (Å²) in [4.78, 5) is 69.1. The van der Waals surface area contributed by atoms with Crippen molar-refractivity contribution in [1.29, 1.82) is 0 Å². The predicted octanol–water partition coefficient (Wildman–Crippen LogP) is 4.89. The highest BCUT2D eigenvalue weighted by atomic mass is 19.4. The molecular formula is C39H40F5N9O5. The number of alkyl halides is 5. The van der Waals surface area contributed by atoms with Crippen LogP contribution >= 0.6 is 0 Å². The lowest BCUT2D eigenvalue weighted by Gasteiger charge is -2.41. The molecule has 14 nitrogen and oxygen atoms in total. The molecule has 2 unspecified atom stereocenters. The summed E-state index contributed by atoms with van der Waals surface area (Å²) in [5.41, 5.74) is -1.47. The fourth-order valence-corrected chi connectivity index (χ4v) is 8.88. The molecule has 3 aliphatic rings. The number of imide groups is 1. The molecule has 2 saturated heterocycles. The number of carbonyl (C=O) groups excluding carboxylic acids is 3. The van der Waals surface area contributed by atoms with E-state index in [4.69, 9.17) is 0 Å². The van der Waals surface area contributed by atoms with E-state index in [0.717, 1.165) is 35.6 Å². The van der Waals surface area contributed by atoms with E-state index in [2.05, 4.69) is 20.7 Å². The molecule has 8 rings (SSSR count). The van der Waals surface area contributed by atoms with Crippen LogP contribution in [0.15, 0.2) is 58.3 Å². The van der Waals surface area contributed by atoms with E-state index < -0.39 is 71.0 Å². The number of pyridine rings is 2. The lowest BCUT2D eigenvalue weighted by molar-refractivity contribution is -0.141. The zero-order valence-corrected chi connectivity index (χ0v) is 31.6. The van der Waals surface area contributed by atoms with E-state index in [-0.39, 0.29) is 42.6 Å². The first-order valence-electron chi connectivity index (χ1n) is 19.1. The zero-order chi connectivity index (χ0) is 41.3. The van der Waals surface area contributed by atoms with Gasteiger partial charge in [0.05, 0.1) is 29.5 Å². The number of rotatable bonds is 7. The Balaban J connectivity index is 0.914. The summed E-state index contributed by atoms with van der Waals surface area (Å²) >= 11 is 0. The van der Waals surface area contributed by atoms with Gasteiger partial charge in [-0.3, -0.25) is 47.8 Å². The highest BCUT2D eigenvalue weighted by Crippen LogP contribution is 2.44. The van der Waals surface area contributed by atoms with Gasteiger partial charge in [0.1, 0.15) is 23.2 Å². The van der Waals surface area contributed by atoms with E-state index in [0.29, 0.717) is 47.9 Å². The second-order valence-corrected chi connectivity index (χ2v) is 15.6. The number of hydrogen-bond donors (Lipinski definition) is 2. The third-order valence-electron chi connectivity index (χ3n) is 11.9. The molecule has 5 aromatic rings. The maximum absolute atomic E-state index is 16.1. The molecule has 306 valence electrons. The summed E-state index contributed by atoms with van der Waals surface area (Å²) < 4.78 is 77.2. The van der Waals surface area contributed by atoms with E-state index in [9.17, 15) is 37.1 Å². The number of aromatic nitrogens is 6. The van der Waals surface area contributed by atoms with Gasteiger partial charge in [-0.05, 0) is 80.8 Å². The molecule has 58 heavy (non-hydrogen) atoms. The van der Waals surface area contributed by atoms with Crippen LogP contribution in [0.3, 0.4) is 0 Å². The van der Waals surface area contributed by atoms with E-state index >= 15 is 8.78 Å². The average Bonchev–Trinajstić information content (AvgIpc) is 3.72. The van der Waals surface area contributed by atoms with Gasteiger partial charge in [0.25, 0.3) is 17.4 Å². The van der Waals surface area contributed by atoms with Gasteiger partial charge in [-0.2, -0.15) is 18.3 Å². The molecule has 1 aliphatic carbocycles. The fourth-order valence-electron chi connectivity index (χ4n) is 8.88. The number of piperidine rings is 2. The minimum Gasteiger partial charge on any atom is -0.307 e. The van der Waals surface area contributed by atoms with Crippen molar-refractivity contribution in [2.45, 2.75) is 75.0 Å². The minimum atomic E-state index is -4.74. The molecule has 6 heterocycles. The van der Waals surface area contributed by atoms with Crippen LogP contribution in [0.25, 0.3) is 21.9 Å². The van der Waals surface area contributed by atoms with Gasteiger partial charge in [0.15, 0.2) is 5.52 Å². The SMILES string of the molecule is Cn1c(NC(=O)c2cccc(C(F)(F)F)n2)cc2cn([C@H]3CC[C@H](CN4CCC(c5cccc6c5n(C)c(=O)n6C5CCC(=O)NC5=O)C(F)(F)C4)CC3)nc2c1=O. The Morgan fingerprint density at radius 2 is 1.71 bits per heavy atom. The summed E-state index contributed by atoms with van der Waals surface area (Å²) in [7, 11) is 2.92. The smallest absolute Gasteiger partial charge is 0.307 e. The predicted molar refractivity (Wildman–Crippen MR) is 201 cm³/mol. The van der Waals surface area contributed by atoms with Crippen molar-refractivity contribution in [2.24, 2.45) is 20.0 Å². The molecule has 3 fully saturated rings. The number of benzene rings is 1. The van der Waals surface area contributed by atoms with Gasteiger partial charge in [-0.25, -0.2) is 18.6 Å². The Labute approximate surface area is 326 Å². The lowest BCUT2D eigenvalue weighted by Crippen LogP contribution is -2.49. The number of fused-ring (bicyclic) bond motifs is 2. The summed E-state index contributed by atoms with van der Waals surface area (Å²) in [6.07, 6.45) is 0.192. The van der Waals surface area contributed by atoms with Gasteiger partial charge in [0, 0.05) is 38.6 Å². The van der Waals surface area contributed by atoms with Crippen LogP contribution in [0.1, 0.15) is 84.7 Å². The lowest BCUT2D eigenvalue weighted by atomic mass is 9.83. The molecule has 0 spiro atoms. The maximum atomic E-state index is 16.1. The molecule has 1 saturated carbocycles. The largest absolute Gasteiger partial charge is 0.433 e. The van der Waals surface area contributed by atoms with Crippen LogP contribution in [0.5, 0.6) is 0 Å². The van der Waals surface area contributed by atoms with Crippen molar-refractivity contribution in [2.75, 3.05) is 25.0 Å². The van der Waals surface area contributed by atoms with Gasteiger partial charge < -0.3 is 5.32 Å². The van der Waals surface area contributed by atoms with Gasteiger partial charge in [-0.1, -0.05) is 18.2 Å². The number of nitrogens with zero attached hydrogens (tertiary/aromatic N) is 7. The normalized spacial score (nSPS) is 23.0. The van der Waals surface area contributed by atoms with Crippen LogP contribution < -0.4 is 21.9 Å². The number of amides is 3. The van der Waals surface area contributed by atoms with Crippen molar-refractivity contribution in [3.8, 4) is 0 Å². The fraction of sp³-hybridized carbons (Fsp3) is 0.462. The average molecular weight is 810 g/mol. The third kappa shape index (κ3) is 7.08. The number of halogens is 5. The van der Waals surface area contributed by atoms with Crippen molar-refractivity contribution < 1.29 is 36.3 Å². The molecule has 0 bridgehead atoms. The zero-order valence-electron chi connectivity index (χ0n) is 31.6. The molecule has 2 N–H and O–H groups in total. The van der Waals surface area contributed by atoms with Crippen molar-refractivity contribution in [3.63, 3.8) is 0 Å². The van der Waals surface area contributed by atoms with Crippen LogP contribution in [-0.2, 0) is 29.9 Å². The topological polar surface area (TPSA) is 158 Å². The molecule has 1 aromatic carbocycles. The number of anilines is 1. The van der Waals surface area contributed by atoms with E-state index in [1.54, 1.807) is 34.0 Å². The molecular weight excluding hydrogens is 769 g/mol. The van der Waals surface area contributed by atoms with E-state index in [1.807, 2.05) is 0 Å². The highest BCUT2D eigenvalue weighted by Gasteiger charge is 2.47. The molecule has 0 radical (unpaired) electrons. The van der Waals surface area contributed by atoms with Gasteiger partial charge >= 0.3 is 11.9 Å². The van der Waals surface area contributed by atoms with Gasteiger partial charge in [-0.15, -0.1) is 0 Å². The first-order valence-corrected chi connectivity index (χ1v) is 19.1. The number of likely N-dealkylation sites (tertiary alicyclic amines) is 1. The Hall–Kier alpha value is -5.72. The Morgan fingerprint density at radius 3 is 2.41 bits per heavy atom. The monoisotopic (exact) mass is 809 g/mol. The highest BCUT2D eigenvalue weighted by molar-refractivity contribution is 6.03. The molecule has 19 heteroatoms. The number of hydrogen-bond acceptors (Lipinski definition) is 8. The van der Waals surface area contributed by atoms with Crippen molar-refractivity contribution in [3.05, 3.63) is 86.5 Å². The Bertz CT molecular complexity index is 2580. The number of imidazole rings is 1. The number of aryl methyl sites for hydroxylation is 1. The Kier molecular flexibility index (Phi) is 9.84. The summed E-state index contributed by atoms with van der Waals surface area (Å²) in [5, 5.41) is 9.73. The van der Waals surface area contributed by atoms with Crippen molar-refractivity contribution in [1.82, 2.24) is 38.7 Å². The Morgan fingerprint density at radius 1 is 0.966 bits per heavy atom.